The van der Waals surface area contributed by atoms with Crippen molar-refractivity contribution in [2.75, 3.05) is 20.3 Å². The Hall–Kier alpha value is -0.100. The van der Waals surface area contributed by atoms with Gasteiger partial charge in [0.25, 0.3) is 0 Å². The van der Waals surface area contributed by atoms with Crippen LogP contribution in [0.3, 0.4) is 0 Å². The summed E-state index contributed by atoms with van der Waals surface area (Å²) in [5, 5.41) is 3.41. The molecule has 0 heterocycles. The zero-order valence-electron chi connectivity index (χ0n) is 11.8. The van der Waals surface area contributed by atoms with E-state index in [0.29, 0.717) is 6.10 Å². The molecule has 1 aromatic carbocycles. The molecule has 0 spiro atoms. The molecule has 0 aromatic heterocycles. The van der Waals surface area contributed by atoms with E-state index in [0.717, 1.165) is 40.0 Å². The number of benzene rings is 1. The van der Waals surface area contributed by atoms with Crippen LogP contribution < -0.4 is 10.1 Å². The number of methoxy groups -OCH3 is 1. The van der Waals surface area contributed by atoms with E-state index in [-0.39, 0.29) is 0 Å². The zero-order chi connectivity index (χ0) is 14.4. The fraction of sp³-hybridized carbons (Fsp3) is 0.600. The Morgan fingerprint density at radius 2 is 2.00 bits per heavy atom. The molecule has 1 fully saturated rings. The molecule has 1 aromatic rings. The summed E-state index contributed by atoms with van der Waals surface area (Å²) >= 11 is 7.02. The van der Waals surface area contributed by atoms with Crippen molar-refractivity contribution < 1.29 is 9.47 Å². The number of hydrogen-bond donors (Lipinski definition) is 1. The minimum atomic E-state index is 0.492. The smallest absolute Gasteiger partial charge is 0.137 e. The van der Waals surface area contributed by atoms with Gasteiger partial charge in [-0.25, -0.2) is 0 Å². The topological polar surface area (TPSA) is 30.5 Å². The number of nitrogens with one attached hydrogen (secondary N) is 1. The van der Waals surface area contributed by atoms with E-state index in [2.05, 4.69) is 43.2 Å². The second-order valence-corrected chi connectivity index (χ2v) is 6.80. The summed E-state index contributed by atoms with van der Waals surface area (Å²) in [6.45, 7) is 2.42. The van der Waals surface area contributed by atoms with E-state index >= 15 is 0 Å². The van der Waals surface area contributed by atoms with Crippen LogP contribution in [0.4, 0.5) is 0 Å². The van der Waals surface area contributed by atoms with Crippen molar-refractivity contribution in [2.24, 2.45) is 0 Å². The Morgan fingerprint density at radius 3 is 2.70 bits per heavy atom. The molecule has 0 aliphatic heterocycles. The lowest BCUT2D eigenvalue weighted by Crippen LogP contribution is -2.22. The van der Waals surface area contributed by atoms with Crippen molar-refractivity contribution in [2.45, 2.75) is 38.3 Å². The minimum Gasteiger partial charge on any atom is -0.495 e. The SMILES string of the molecule is COc1c(Br)cc(Br)cc1CNCCOC1CCCC1. The van der Waals surface area contributed by atoms with Crippen LogP contribution in [0.15, 0.2) is 21.1 Å². The quantitative estimate of drug-likeness (QED) is 0.686. The van der Waals surface area contributed by atoms with Crippen LogP contribution in [-0.2, 0) is 11.3 Å². The second-order valence-electron chi connectivity index (χ2n) is 5.03. The molecule has 0 radical (unpaired) electrons. The summed E-state index contributed by atoms with van der Waals surface area (Å²) in [6, 6.07) is 4.07. The molecule has 112 valence electrons. The van der Waals surface area contributed by atoms with Crippen molar-refractivity contribution in [3.8, 4) is 5.75 Å². The van der Waals surface area contributed by atoms with E-state index in [9.17, 15) is 0 Å². The zero-order valence-corrected chi connectivity index (χ0v) is 14.9. The van der Waals surface area contributed by atoms with Crippen molar-refractivity contribution in [3.05, 3.63) is 26.6 Å². The Bertz CT molecular complexity index is 434. The van der Waals surface area contributed by atoms with Gasteiger partial charge in [-0.3, -0.25) is 0 Å². The van der Waals surface area contributed by atoms with E-state index in [1.807, 2.05) is 6.07 Å². The van der Waals surface area contributed by atoms with Gasteiger partial charge in [0.05, 0.1) is 24.3 Å². The van der Waals surface area contributed by atoms with E-state index < -0.39 is 0 Å². The van der Waals surface area contributed by atoms with Gasteiger partial charge in [-0.1, -0.05) is 28.8 Å². The van der Waals surface area contributed by atoms with Crippen molar-refractivity contribution in [1.82, 2.24) is 5.32 Å². The number of rotatable bonds is 7. The van der Waals surface area contributed by atoms with Gasteiger partial charge in [0, 0.05) is 23.1 Å². The van der Waals surface area contributed by atoms with Crippen molar-refractivity contribution >= 4 is 31.9 Å². The van der Waals surface area contributed by atoms with Gasteiger partial charge in [0.2, 0.25) is 0 Å². The third kappa shape index (κ3) is 4.72. The normalized spacial score (nSPS) is 15.8. The van der Waals surface area contributed by atoms with Gasteiger partial charge < -0.3 is 14.8 Å². The van der Waals surface area contributed by atoms with Crippen LogP contribution in [0.25, 0.3) is 0 Å². The predicted molar refractivity (Wildman–Crippen MR) is 88.3 cm³/mol. The lowest BCUT2D eigenvalue weighted by atomic mass is 10.2. The highest BCUT2D eigenvalue weighted by Gasteiger charge is 2.14. The highest BCUT2D eigenvalue weighted by Crippen LogP contribution is 2.32. The molecule has 1 saturated carbocycles. The van der Waals surface area contributed by atoms with Crippen LogP contribution in [0, 0.1) is 0 Å². The number of hydrogen-bond acceptors (Lipinski definition) is 3. The van der Waals surface area contributed by atoms with Crippen LogP contribution >= 0.6 is 31.9 Å². The molecule has 20 heavy (non-hydrogen) atoms. The summed E-state index contributed by atoms with van der Waals surface area (Å²) in [7, 11) is 1.70. The molecule has 0 bridgehead atoms. The van der Waals surface area contributed by atoms with E-state index in [1.54, 1.807) is 7.11 Å². The molecule has 0 amide bonds. The van der Waals surface area contributed by atoms with E-state index in [4.69, 9.17) is 9.47 Å². The maximum absolute atomic E-state index is 5.83. The van der Waals surface area contributed by atoms with Crippen molar-refractivity contribution in [1.29, 1.82) is 0 Å². The minimum absolute atomic E-state index is 0.492. The Kier molecular flexibility index (Phi) is 6.81. The average Bonchev–Trinajstić information content (AvgIpc) is 2.91. The standard InChI is InChI=1S/C15H21Br2NO2/c1-19-15-11(8-12(16)9-14(15)17)10-18-6-7-20-13-4-2-3-5-13/h8-9,13,18H,2-7,10H2,1H3. The first-order valence-corrected chi connectivity index (χ1v) is 8.63. The van der Waals surface area contributed by atoms with Crippen molar-refractivity contribution in [3.63, 3.8) is 0 Å². The molecule has 1 N–H and O–H groups in total. The fourth-order valence-corrected chi connectivity index (χ4v) is 4.02. The van der Waals surface area contributed by atoms with E-state index in [1.165, 1.54) is 25.7 Å². The first-order valence-electron chi connectivity index (χ1n) is 7.05. The Balaban J connectivity index is 1.75. The second kappa shape index (κ2) is 8.37. The molecule has 1 aliphatic carbocycles. The summed E-state index contributed by atoms with van der Waals surface area (Å²) in [4.78, 5) is 0. The molecule has 2 rings (SSSR count). The summed E-state index contributed by atoms with van der Waals surface area (Å²) in [6.07, 6.45) is 5.59. The predicted octanol–water partition coefficient (Wildman–Crippen LogP) is 4.27. The lowest BCUT2D eigenvalue weighted by Gasteiger charge is -2.14. The average molecular weight is 407 g/mol. The maximum Gasteiger partial charge on any atom is 0.137 e. The molecule has 1 aliphatic rings. The van der Waals surface area contributed by atoms with Crippen LogP contribution in [0.1, 0.15) is 31.2 Å². The Labute approximate surface area is 137 Å². The lowest BCUT2D eigenvalue weighted by molar-refractivity contribution is 0.0602. The summed E-state index contributed by atoms with van der Waals surface area (Å²) in [5.74, 6) is 0.886. The van der Waals surface area contributed by atoms with Crippen LogP contribution in [-0.4, -0.2) is 26.4 Å². The van der Waals surface area contributed by atoms with Gasteiger partial charge in [-0.2, -0.15) is 0 Å². The van der Waals surface area contributed by atoms with Gasteiger partial charge in [0.15, 0.2) is 0 Å². The summed E-state index contributed by atoms with van der Waals surface area (Å²) in [5.41, 5.74) is 1.13. The summed E-state index contributed by atoms with van der Waals surface area (Å²) < 4.78 is 13.3. The third-order valence-electron chi connectivity index (χ3n) is 3.54. The first-order chi connectivity index (χ1) is 9.70. The molecular formula is C15H21Br2NO2. The Morgan fingerprint density at radius 1 is 1.25 bits per heavy atom. The fourth-order valence-electron chi connectivity index (χ4n) is 2.55. The number of halogens is 2. The van der Waals surface area contributed by atoms with Gasteiger partial charge in [-0.15, -0.1) is 0 Å². The molecular weight excluding hydrogens is 386 g/mol. The first kappa shape index (κ1) is 16.3. The molecule has 0 unspecified atom stereocenters. The van der Waals surface area contributed by atoms with Crippen LogP contribution in [0.2, 0.25) is 0 Å². The molecule has 0 saturated heterocycles. The monoisotopic (exact) mass is 405 g/mol. The highest BCUT2D eigenvalue weighted by atomic mass is 79.9. The van der Waals surface area contributed by atoms with Gasteiger partial charge >= 0.3 is 0 Å². The van der Waals surface area contributed by atoms with Gasteiger partial charge in [-0.05, 0) is 40.9 Å². The number of ether oxygens (including phenoxy) is 2. The third-order valence-corrected chi connectivity index (χ3v) is 4.59. The molecule has 5 heteroatoms. The van der Waals surface area contributed by atoms with Gasteiger partial charge in [0.1, 0.15) is 5.75 Å². The molecule has 0 atom stereocenters. The highest BCUT2D eigenvalue weighted by molar-refractivity contribution is 9.11. The maximum atomic E-state index is 5.83. The largest absolute Gasteiger partial charge is 0.495 e. The van der Waals surface area contributed by atoms with Crippen LogP contribution in [0.5, 0.6) is 5.75 Å². The molecule has 3 nitrogen and oxygen atoms in total.